The zero-order chi connectivity index (χ0) is 21.0. The Labute approximate surface area is 202 Å². The Kier molecular flexibility index (Phi) is 8.04. The molecule has 0 unspecified atom stereocenters. The standard InChI is InChI=1S/C22H29N5O2S.HI/c1-23-22(26-16-14-25(15-17-26)20-8-3-2-4-9-20)24-12-18-30(28,29)27-13-11-19-7-5-6-10-21(19)27;/h2-10H,11-18H2,1H3,(H,23,24);1H. The first-order chi connectivity index (χ1) is 14.6. The summed E-state index contributed by atoms with van der Waals surface area (Å²) in [5, 5.41) is 3.25. The number of rotatable bonds is 5. The van der Waals surface area contributed by atoms with E-state index in [0.717, 1.165) is 49.8 Å². The number of fused-ring (bicyclic) bond motifs is 1. The second kappa shape index (κ2) is 10.5. The predicted octanol–water partition coefficient (Wildman–Crippen LogP) is 2.39. The molecule has 0 atom stereocenters. The van der Waals surface area contributed by atoms with Crippen LogP contribution in [0, 0.1) is 0 Å². The summed E-state index contributed by atoms with van der Waals surface area (Å²) < 4.78 is 27.3. The van der Waals surface area contributed by atoms with Gasteiger partial charge in [0.2, 0.25) is 10.0 Å². The average molecular weight is 555 g/mol. The highest BCUT2D eigenvalue weighted by Gasteiger charge is 2.29. The molecule has 1 fully saturated rings. The number of anilines is 2. The minimum Gasteiger partial charge on any atom is -0.368 e. The van der Waals surface area contributed by atoms with Gasteiger partial charge in [-0.25, -0.2) is 8.42 Å². The monoisotopic (exact) mass is 555 g/mol. The predicted molar refractivity (Wildman–Crippen MR) is 138 cm³/mol. The van der Waals surface area contributed by atoms with Gasteiger partial charge < -0.3 is 15.1 Å². The molecular formula is C22H30IN5O2S. The van der Waals surface area contributed by atoms with Crippen molar-refractivity contribution in [1.82, 2.24) is 10.2 Å². The minimum atomic E-state index is -3.36. The van der Waals surface area contributed by atoms with Crippen LogP contribution in [0.3, 0.4) is 0 Å². The molecule has 0 bridgehead atoms. The van der Waals surface area contributed by atoms with Crippen LogP contribution in [0.15, 0.2) is 59.6 Å². The van der Waals surface area contributed by atoms with Crippen LogP contribution < -0.4 is 14.5 Å². The summed E-state index contributed by atoms with van der Waals surface area (Å²) in [6.07, 6.45) is 0.774. The third kappa shape index (κ3) is 5.43. The van der Waals surface area contributed by atoms with Gasteiger partial charge in [0.15, 0.2) is 5.96 Å². The average Bonchev–Trinajstić information content (AvgIpc) is 3.23. The van der Waals surface area contributed by atoms with E-state index >= 15 is 0 Å². The van der Waals surface area contributed by atoms with Gasteiger partial charge in [0.1, 0.15) is 0 Å². The summed E-state index contributed by atoms with van der Waals surface area (Å²) in [6, 6.07) is 18.1. The number of para-hydroxylation sites is 2. The topological polar surface area (TPSA) is 68.2 Å². The molecule has 2 aromatic rings. The van der Waals surface area contributed by atoms with Crippen molar-refractivity contribution in [2.45, 2.75) is 6.42 Å². The van der Waals surface area contributed by atoms with E-state index in [9.17, 15) is 8.42 Å². The van der Waals surface area contributed by atoms with Gasteiger partial charge in [-0.15, -0.1) is 24.0 Å². The molecule has 9 heteroatoms. The first kappa shape index (κ1) is 23.6. The first-order valence-corrected chi connectivity index (χ1v) is 12.0. The van der Waals surface area contributed by atoms with Crippen molar-refractivity contribution in [3.63, 3.8) is 0 Å². The lowest BCUT2D eigenvalue weighted by Gasteiger charge is -2.37. The molecule has 0 aliphatic carbocycles. The van der Waals surface area contributed by atoms with E-state index < -0.39 is 10.0 Å². The lowest BCUT2D eigenvalue weighted by atomic mass is 10.2. The van der Waals surface area contributed by atoms with Crippen LogP contribution in [0.1, 0.15) is 5.56 Å². The number of nitrogens with zero attached hydrogens (tertiary/aromatic N) is 4. The number of hydrogen-bond donors (Lipinski definition) is 1. The summed E-state index contributed by atoms with van der Waals surface area (Å²) >= 11 is 0. The molecule has 2 heterocycles. The van der Waals surface area contributed by atoms with Crippen LogP contribution in [-0.2, 0) is 16.4 Å². The fourth-order valence-corrected chi connectivity index (χ4v) is 5.57. The summed E-state index contributed by atoms with van der Waals surface area (Å²) in [7, 11) is -1.62. The van der Waals surface area contributed by atoms with Crippen molar-refractivity contribution in [1.29, 1.82) is 0 Å². The molecule has 1 saturated heterocycles. The molecule has 0 amide bonds. The van der Waals surface area contributed by atoms with Crippen LogP contribution in [0.5, 0.6) is 0 Å². The second-order valence-electron chi connectivity index (χ2n) is 7.55. The minimum absolute atomic E-state index is 0. The maximum Gasteiger partial charge on any atom is 0.236 e. The highest BCUT2D eigenvalue weighted by molar-refractivity contribution is 14.0. The lowest BCUT2D eigenvalue weighted by Crippen LogP contribution is -2.53. The molecule has 7 nitrogen and oxygen atoms in total. The van der Waals surface area contributed by atoms with Crippen LogP contribution in [0.25, 0.3) is 0 Å². The number of benzene rings is 2. The smallest absolute Gasteiger partial charge is 0.236 e. The molecule has 1 N–H and O–H groups in total. The molecule has 0 spiro atoms. The Morgan fingerprint density at radius 2 is 1.65 bits per heavy atom. The Hall–Kier alpha value is -2.01. The molecule has 2 aromatic carbocycles. The van der Waals surface area contributed by atoms with Gasteiger partial charge in [-0.05, 0) is 30.2 Å². The largest absolute Gasteiger partial charge is 0.368 e. The Bertz CT molecular complexity index is 992. The van der Waals surface area contributed by atoms with Gasteiger partial charge in [-0.2, -0.15) is 0 Å². The summed E-state index contributed by atoms with van der Waals surface area (Å²) in [4.78, 5) is 8.92. The van der Waals surface area contributed by atoms with Crippen molar-refractivity contribution in [3.05, 3.63) is 60.2 Å². The summed E-state index contributed by atoms with van der Waals surface area (Å²) in [5.74, 6) is 0.810. The van der Waals surface area contributed by atoms with Crippen molar-refractivity contribution in [3.8, 4) is 0 Å². The molecule has 2 aliphatic heterocycles. The zero-order valence-corrected chi connectivity index (χ0v) is 20.9. The number of sulfonamides is 1. The van der Waals surface area contributed by atoms with Crippen molar-refractivity contribution in [2.75, 3.05) is 61.3 Å². The number of halogens is 1. The van der Waals surface area contributed by atoms with E-state index in [4.69, 9.17) is 0 Å². The van der Waals surface area contributed by atoms with Crippen LogP contribution >= 0.6 is 24.0 Å². The van der Waals surface area contributed by atoms with Crippen LogP contribution in [0.4, 0.5) is 11.4 Å². The highest BCUT2D eigenvalue weighted by Crippen LogP contribution is 2.29. The maximum atomic E-state index is 12.9. The van der Waals surface area contributed by atoms with E-state index in [0.29, 0.717) is 13.1 Å². The Morgan fingerprint density at radius 3 is 2.35 bits per heavy atom. The molecule has 4 rings (SSSR count). The fourth-order valence-electron chi connectivity index (χ4n) is 4.15. The maximum absolute atomic E-state index is 12.9. The number of aliphatic imine (C=N–C) groups is 1. The van der Waals surface area contributed by atoms with E-state index in [1.807, 2.05) is 30.3 Å². The zero-order valence-electron chi connectivity index (χ0n) is 17.8. The molecule has 0 aromatic heterocycles. The molecule has 0 saturated carbocycles. The second-order valence-corrected chi connectivity index (χ2v) is 9.56. The fraction of sp³-hybridized carbons (Fsp3) is 0.409. The number of hydrogen-bond acceptors (Lipinski definition) is 4. The Balaban J connectivity index is 0.00000272. The van der Waals surface area contributed by atoms with E-state index in [1.54, 1.807) is 11.4 Å². The van der Waals surface area contributed by atoms with Gasteiger partial charge in [0.05, 0.1) is 11.4 Å². The van der Waals surface area contributed by atoms with Gasteiger partial charge in [-0.1, -0.05) is 36.4 Å². The molecule has 0 radical (unpaired) electrons. The highest BCUT2D eigenvalue weighted by atomic mass is 127. The van der Waals surface area contributed by atoms with Gasteiger partial charge >= 0.3 is 0 Å². The number of piperazine rings is 1. The molecule has 168 valence electrons. The van der Waals surface area contributed by atoms with Crippen LogP contribution in [-0.4, -0.2) is 71.3 Å². The first-order valence-electron chi connectivity index (χ1n) is 10.4. The Morgan fingerprint density at radius 1 is 0.968 bits per heavy atom. The third-order valence-electron chi connectivity index (χ3n) is 5.74. The quantitative estimate of drug-likeness (QED) is 0.349. The van der Waals surface area contributed by atoms with Gasteiger partial charge in [-0.3, -0.25) is 9.30 Å². The normalized spacial score (nSPS) is 16.7. The van der Waals surface area contributed by atoms with Crippen molar-refractivity contribution in [2.24, 2.45) is 4.99 Å². The molecule has 31 heavy (non-hydrogen) atoms. The van der Waals surface area contributed by atoms with Crippen molar-refractivity contribution >= 4 is 51.3 Å². The van der Waals surface area contributed by atoms with E-state index in [1.165, 1.54) is 5.69 Å². The van der Waals surface area contributed by atoms with Gasteiger partial charge in [0, 0.05) is 52.0 Å². The summed E-state index contributed by atoms with van der Waals surface area (Å²) in [6.45, 7) is 4.38. The third-order valence-corrected chi connectivity index (χ3v) is 7.51. The number of guanidine groups is 1. The lowest BCUT2D eigenvalue weighted by molar-refractivity contribution is 0.373. The van der Waals surface area contributed by atoms with Gasteiger partial charge in [0.25, 0.3) is 0 Å². The van der Waals surface area contributed by atoms with E-state index in [-0.39, 0.29) is 29.7 Å². The summed E-state index contributed by atoms with van der Waals surface area (Å²) in [5.41, 5.74) is 3.15. The van der Waals surface area contributed by atoms with E-state index in [2.05, 4.69) is 44.4 Å². The SMILES string of the molecule is CN=C(NCCS(=O)(=O)N1CCc2ccccc21)N1CCN(c2ccccc2)CC1.I. The molecule has 2 aliphatic rings. The molecular weight excluding hydrogens is 525 g/mol. The number of nitrogens with one attached hydrogen (secondary N) is 1. The van der Waals surface area contributed by atoms with Crippen molar-refractivity contribution < 1.29 is 8.42 Å². The van der Waals surface area contributed by atoms with Crippen LogP contribution in [0.2, 0.25) is 0 Å².